The Bertz CT molecular complexity index is 1510. The van der Waals surface area contributed by atoms with Crippen LogP contribution >= 0.6 is 11.6 Å². The molecule has 7 nitrogen and oxygen atoms in total. The Labute approximate surface area is 207 Å². The second-order valence-corrected chi connectivity index (χ2v) is 8.44. The second-order valence-electron chi connectivity index (χ2n) is 8.00. The molecule has 0 aliphatic heterocycles. The highest BCUT2D eigenvalue weighted by atomic mass is 35.5. The van der Waals surface area contributed by atoms with Crippen molar-refractivity contribution in [3.05, 3.63) is 104 Å². The first-order chi connectivity index (χ1) is 17.0. The van der Waals surface area contributed by atoms with Crippen LogP contribution in [0, 0.1) is 0 Å². The van der Waals surface area contributed by atoms with Crippen LogP contribution in [0.2, 0.25) is 5.02 Å². The summed E-state index contributed by atoms with van der Waals surface area (Å²) in [5.74, 6) is 0.363. The highest BCUT2D eigenvalue weighted by Crippen LogP contribution is 2.21. The molecule has 4 aromatic rings. The van der Waals surface area contributed by atoms with Gasteiger partial charge in [-0.15, -0.1) is 0 Å². The summed E-state index contributed by atoms with van der Waals surface area (Å²) < 4.78 is 6.88. The van der Waals surface area contributed by atoms with Crippen LogP contribution in [0.15, 0.2) is 71.9 Å². The molecule has 0 atom stereocenters. The molecule has 0 bridgehead atoms. The molecule has 4 rings (SSSR count). The van der Waals surface area contributed by atoms with E-state index in [4.69, 9.17) is 16.3 Å². The number of hydrogen-bond donors (Lipinski definition) is 1. The maximum Gasteiger partial charge on any atom is 0.279 e. The van der Waals surface area contributed by atoms with E-state index < -0.39 is 0 Å². The van der Waals surface area contributed by atoms with Gasteiger partial charge in [-0.1, -0.05) is 35.9 Å². The topological polar surface area (TPSA) is 89.9 Å². The Morgan fingerprint density at radius 3 is 2.60 bits per heavy atom. The Morgan fingerprint density at radius 1 is 1.14 bits per heavy atom. The van der Waals surface area contributed by atoms with Gasteiger partial charge in [0.25, 0.3) is 5.56 Å². The van der Waals surface area contributed by atoms with Gasteiger partial charge in [-0.3, -0.25) is 24.7 Å². The molecule has 178 valence electrons. The number of ketones is 1. The number of Topliss-reactive ketones (excluding diaryl/α,β-unsaturated/α-hetero) is 1. The number of methoxy groups -OCH3 is 1. The van der Waals surface area contributed by atoms with Crippen molar-refractivity contribution < 1.29 is 9.53 Å². The number of halogens is 1. The Balaban J connectivity index is 1.94. The number of H-pyrrole nitrogens is 1. The maximum atomic E-state index is 13.8. The van der Waals surface area contributed by atoms with Crippen LogP contribution < -0.4 is 20.9 Å². The maximum absolute atomic E-state index is 13.8. The molecule has 8 heteroatoms. The van der Waals surface area contributed by atoms with E-state index >= 15 is 0 Å². The smallest absolute Gasteiger partial charge is 0.279 e. The van der Waals surface area contributed by atoms with Gasteiger partial charge in [-0.25, -0.2) is 4.68 Å². The first-order valence-electron chi connectivity index (χ1n) is 11.2. The number of aromatic amines is 1. The number of hydrogen-bond acceptors (Lipinski definition) is 5. The number of ether oxygens (including phenoxy) is 1. The first-order valence-corrected chi connectivity index (χ1v) is 11.6. The van der Waals surface area contributed by atoms with E-state index in [1.54, 1.807) is 50.0 Å². The first kappa shape index (κ1) is 24.2. The Kier molecular flexibility index (Phi) is 7.57. The number of benzene rings is 2. The largest absolute Gasteiger partial charge is 0.494 e. The fraction of sp³-hybridized carbons (Fsp3) is 0.185. The molecule has 2 aromatic carbocycles. The zero-order valence-corrected chi connectivity index (χ0v) is 20.2. The second kappa shape index (κ2) is 11.0. The minimum Gasteiger partial charge on any atom is -0.494 e. The van der Waals surface area contributed by atoms with Gasteiger partial charge in [0.1, 0.15) is 11.4 Å². The molecule has 0 fully saturated rings. The lowest BCUT2D eigenvalue weighted by molar-refractivity contribution is -0.111. The molecule has 35 heavy (non-hydrogen) atoms. The molecule has 2 aromatic heterocycles. The van der Waals surface area contributed by atoms with Gasteiger partial charge < -0.3 is 4.74 Å². The van der Waals surface area contributed by atoms with Gasteiger partial charge in [0.15, 0.2) is 5.78 Å². The van der Waals surface area contributed by atoms with Gasteiger partial charge >= 0.3 is 0 Å². The van der Waals surface area contributed by atoms with E-state index in [0.717, 1.165) is 23.3 Å². The molecular formula is C27H25ClN4O3. The lowest BCUT2D eigenvalue weighted by atomic mass is 9.97. The van der Waals surface area contributed by atoms with Crippen molar-refractivity contribution in [1.29, 1.82) is 0 Å². The van der Waals surface area contributed by atoms with Crippen molar-refractivity contribution >= 4 is 29.0 Å². The van der Waals surface area contributed by atoms with Crippen molar-refractivity contribution in [2.24, 2.45) is 0 Å². The van der Waals surface area contributed by atoms with Crippen LogP contribution in [0.1, 0.15) is 31.0 Å². The predicted octanol–water partition coefficient (Wildman–Crippen LogP) is 3.21. The molecule has 0 aliphatic rings. The van der Waals surface area contributed by atoms with Gasteiger partial charge in [0.05, 0.1) is 23.4 Å². The van der Waals surface area contributed by atoms with Crippen molar-refractivity contribution in [2.45, 2.75) is 26.2 Å². The Morgan fingerprint density at radius 2 is 1.91 bits per heavy atom. The number of aryl methyl sites for hydroxylation is 1. The number of nitrogens with one attached hydrogen (secondary N) is 1. The van der Waals surface area contributed by atoms with E-state index in [9.17, 15) is 9.59 Å². The monoisotopic (exact) mass is 488 g/mol. The molecule has 0 radical (unpaired) electrons. The fourth-order valence-electron chi connectivity index (χ4n) is 4.01. The van der Waals surface area contributed by atoms with Gasteiger partial charge in [-0.05, 0) is 61.6 Å². The summed E-state index contributed by atoms with van der Waals surface area (Å²) in [5.41, 5.74) is 2.83. The molecule has 2 heterocycles. The zero-order valence-electron chi connectivity index (χ0n) is 19.5. The third-order valence-corrected chi connectivity index (χ3v) is 5.82. The van der Waals surface area contributed by atoms with Gasteiger partial charge in [-0.2, -0.15) is 0 Å². The van der Waals surface area contributed by atoms with Crippen LogP contribution in [0.4, 0.5) is 0 Å². The zero-order chi connectivity index (χ0) is 24.8. The van der Waals surface area contributed by atoms with E-state index in [1.807, 2.05) is 24.3 Å². The number of nitrogens with zero attached hydrogens (tertiary/aromatic N) is 3. The third-order valence-electron chi connectivity index (χ3n) is 5.56. The standard InChI is InChI=1S/C27H25ClN4O3/c1-18(33)16-23-26(27(34)32(31-23)24-8-3-4-9-25(24)35-2)22(19-10-12-20(28)13-11-19)7-5-6-21-17-29-14-15-30-21/h3-4,8-17,31H,5-7H2,1-2H3/b23-16+,26-22-. The number of rotatable bonds is 8. The van der Waals surface area contributed by atoms with Crippen molar-refractivity contribution in [3.63, 3.8) is 0 Å². The van der Waals surface area contributed by atoms with E-state index in [-0.39, 0.29) is 11.3 Å². The Hall–Kier alpha value is -3.97. The highest BCUT2D eigenvalue weighted by Gasteiger charge is 2.15. The number of para-hydroxylation sites is 2. The third kappa shape index (κ3) is 5.58. The molecule has 1 N–H and O–H groups in total. The highest BCUT2D eigenvalue weighted by molar-refractivity contribution is 6.30. The van der Waals surface area contributed by atoms with Crippen LogP contribution in [-0.4, -0.2) is 32.6 Å². The average molecular weight is 489 g/mol. The molecule has 0 amide bonds. The quantitative estimate of drug-likeness (QED) is 0.411. The summed E-state index contributed by atoms with van der Waals surface area (Å²) in [6.07, 6.45) is 8.49. The van der Waals surface area contributed by atoms with E-state index in [0.29, 0.717) is 39.9 Å². The van der Waals surface area contributed by atoms with E-state index in [2.05, 4.69) is 15.1 Å². The minimum atomic E-state index is -0.272. The number of carbonyl (C=O) groups is 1. The van der Waals surface area contributed by atoms with Crippen molar-refractivity contribution in [2.75, 3.05) is 7.11 Å². The summed E-state index contributed by atoms with van der Waals surface area (Å²) in [7, 11) is 1.55. The van der Waals surface area contributed by atoms with Crippen LogP contribution in [0.3, 0.4) is 0 Å². The summed E-state index contributed by atoms with van der Waals surface area (Å²) in [6.45, 7) is 1.46. The lowest BCUT2D eigenvalue weighted by Gasteiger charge is -2.08. The normalized spacial score (nSPS) is 12.5. The van der Waals surface area contributed by atoms with Crippen LogP contribution in [0.25, 0.3) is 17.3 Å². The summed E-state index contributed by atoms with van der Waals surface area (Å²) in [5, 5.41) is 4.60. The number of carbonyl (C=O) groups excluding carboxylic acids is 1. The van der Waals surface area contributed by atoms with Crippen LogP contribution in [-0.2, 0) is 11.2 Å². The summed E-state index contributed by atoms with van der Waals surface area (Å²) >= 11 is 6.13. The molecular weight excluding hydrogens is 464 g/mol. The predicted molar refractivity (Wildman–Crippen MR) is 136 cm³/mol. The number of aromatic nitrogens is 4. The molecule has 0 spiro atoms. The van der Waals surface area contributed by atoms with Crippen molar-refractivity contribution in [1.82, 2.24) is 19.7 Å². The summed E-state index contributed by atoms with van der Waals surface area (Å²) in [6, 6.07) is 14.6. The molecule has 0 saturated heterocycles. The molecule has 0 saturated carbocycles. The van der Waals surface area contributed by atoms with Crippen LogP contribution in [0.5, 0.6) is 5.75 Å². The molecule has 0 unspecified atom stereocenters. The van der Waals surface area contributed by atoms with Crippen molar-refractivity contribution in [3.8, 4) is 11.4 Å². The lowest BCUT2D eigenvalue weighted by Crippen LogP contribution is -2.37. The minimum absolute atomic E-state index is 0.172. The average Bonchev–Trinajstić information content (AvgIpc) is 3.17. The molecule has 0 aliphatic carbocycles. The summed E-state index contributed by atoms with van der Waals surface area (Å²) in [4.78, 5) is 34.4. The van der Waals surface area contributed by atoms with Gasteiger partial charge in [0, 0.05) is 29.7 Å². The van der Waals surface area contributed by atoms with E-state index in [1.165, 1.54) is 17.7 Å². The SMILES string of the molecule is COc1ccccc1-n1[nH]c(=C/C(C)=O)/c(=C(\CCCc2cnccn2)c2ccc(Cl)cc2)c1=O. The fourth-order valence-corrected chi connectivity index (χ4v) is 4.13. The van der Waals surface area contributed by atoms with Gasteiger partial charge in [0.2, 0.25) is 0 Å².